The molecule has 0 heterocycles. The van der Waals surface area contributed by atoms with Gasteiger partial charge in [-0.1, -0.05) is 24.3 Å². The van der Waals surface area contributed by atoms with Gasteiger partial charge in [0.1, 0.15) is 0 Å². The Bertz CT molecular complexity index is 608. The number of aromatic carboxylic acids is 1. The van der Waals surface area contributed by atoms with Gasteiger partial charge in [-0.05, 0) is 36.2 Å². The van der Waals surface area contributed by atoms with Crippen LogP contribution >= 0.6 is 0 Å². The van der Waals surface area contributed by atoms with Crippen LogP contribution in [-0.2, 0) is 6.61 Å². The molecule has 2 rings (SSSR count). The average molecular weight is 257 g/mol. The van der Waals surface area contributed by atoms with Gasteiger partial charge in [0.25, 0.3) is 0 Å². The van der Waals surface area contributed by atoms with Crippen LogP contribution in [0, 0.1) is 6.92 Å². The van der Waals surface area contributed by atoms with Crippen molar-refractivity contribution in [3.05, 3.63) is 59.2 Å². The summed E-state index contributed by atoms with van der Waals surface area (Å²) in [5.41, 5.74) is 3.27. The maximum Gasteiger partial charge on any atom is 0.337 e. The van der Waals surface area contributed by atoms with E-state index in [1.54, 1.807) is 24.3 Å². The molecule has 0 fully saturated rings. The largest absolute Gasteiger partial charge is 0.478 e. The van der Waals surface area contributed by atoms with E-state index in [1.807, 2.05) is 25.1 Å². The molecule has 0 atom stereocenters. The number of nitrogens with one attached hydrogen (secondary N) is 1. The summed E-state index contributed by atoms with van der Waals surface area (Å²) >= 11 is 0. The summed E-state index contributed by atoms with van der Waals surface area (Å²) in [4.78, 5) is 11.1. The van der Waals surface area contributed by atoms with Crippen molar-refractivity contribution in [3.63, 3.8) is 0 Å². The van der Waals surface area contributed by atoms with E-state index in [4.69, 9.17) is 5.11 Å². The van der Waals surface area contributed by atoms with E-state index in [-0.39, 0.29) is 12.2 Å². The molecule has 3 N–H and O–H groups in total. The van der Waals surface area contributed by atoms with E-state index in [2.05, 4.69) is 5.32 Å². The first-order valence-corrected chi connectivity index (χ1v) is 5.92. The number of rotatable bonds is 4. The minimum absolute atomic E-state index is 0.0398. The zero-order valence-corrected chi connectivity index (χ0v) is 10.6. The highest BCUT2D eigenvalue weighted by Crippen LogP contribution is 2.25. The zero-order valence-electron chi connectivity index (χ0n) is 10.6. The van der Waals surface area contributed by atoms with Crippen molar-refractivity contribution in [2.75, 3.05) is 5.32 Å². The minimum Gasteiger partial charge on any atom is -0.478 e. The Labute approximate surface area is 111 Å². The van der Waals surface area contributed by atoms with Gasteiger partial charge in [0.05, 0.1) is 17.9 Å². The first-order valence-electron chi connectivity index (χ1n) is 5.92. The molecule has 0 saturated heterocycles. The standard InChI is InChI=1S/C15H15NO3/c1-10-11(9-17)5-4-8-13(10)16-14-7-3-2-6-12(14)15(18)19/h2-8,16-17H,9H2,1H3,(H,18,19). The van der Waals surface area contributed by atoms with Crippen LogP contribution in [0.5, 0.6) is 0 Å². The fraction of sp³-hybridized carbons (Fsp3) is 0.133. The quantitative estimate of drug-likeness (QED) is 0.787. The summed E-state index contributed by atoms with van der Waals surface area (Å²) in [6.45, 7) is 1.85. The number of carboxylic acids is 1. The van der Waals surface area contributed by atoms with E-state index in [1.165, 1.54) is 0 Å². The predicted molar refractivity (Wildman–Crippen MR) is 73.8 cm³/mol. The van der Waals surface area contributed by atoms with Gasteiger partial charge >= 0.3 is 5.97 Å². The lowest BCUT2D eigenvalue weighted by Gasteiger charge is -2.13. The van der Waals surface area contributed by atoms with Crippen LogP contribution in [-0.4, -0.2) is 16.2 Å². The number of hydrogen-bond acceptors (Lipinski definition) is 3. The summed E-state index contributed by atoms with van der Waals surface area (Å²) in [7, 11) is 0. The lowest BCUT2D eigenvalue weighted by Crippen LogP contribution is -2.04. The molecule has 2 aromatic rings. The summed E-state index contributed by atoms with van der Waals surface area (Å²) < 4.78 is 0. The average Bonchev–Trinajstić information content (AvgIpc) is 2.41. The molecule has 0 aromatic heterocycles. The molecule has 2 aromatic carbocycles. The van der Waals surface area contributed by atoms with E-state index < -0.39 is 5.97 Å². The third kappa shape index (κ3) is 2.74. The Hall–Kier alpha value is -2.33. The Morgan fingerprint density at radius 1 is 1.11 bits per heavy atom. The third-order valence-corrected chi connectivity index (χ3v) is 3.04. The number of hydrogen-bond donors (Lipinski definition) is 3. The van der Waals surface area contributed by atoms with E-state index in [0.717, 1.165) is 16.8 Å². The molecule has 0 spiro atoms. The molecule has 4 heteroatoms. The highest BCUT2D eigenvalue weighted by Gasteiger charge is 2.10. The van der Waals surface area contributed by atoms with Crippen LogP contribution in [0.4, 0.5) is 11.4 Å². The molecular weight excluding hydrogens is 242 g/mol. The minimum atomic E-state index is -0.973. The second-order valence-electron chi connectivity index (χ2n) is 4.22. The van der Waals surface area contributed by atoms with Crippen molar-refractivity contribution >= 4 is 17.3 Å². The first kappa shape index (κ1) is 13.1. The Morgan fingerprint density at radius 2 is 1.79 bits per heavy atom. The number of carboxylic acid groups (broad SMARTS) is 1. The fourth-order valence-electron chi connectivity index (χ4n) is 1.91. The number of benzene rings is 2. The van der Waals surface area contributed by atoms with Crippen LogP contribution < -0.4 is 5.32 Å². The number of anilines is 2. The maximum atomic E-state index is 11.1. The zero-order chi connectivity index (χ0) is 13.8. The smallest absolute Gasteiger partial charge is 0.337 e. The molecule has 0 aliphatic rings. The van der Waals surface area contributed by atoms with Crippen molar-refractivity contribution < 1.29 is 15.0 Å². The van der Waals surface area contributed by atoms with Gasteiger partial charge in [0.15, 0.2) is 0 Å². The van der Waals surface area contributed by atoms with Gasteiger partial charge in [-0.15, -0.1) is 0 Å². The number of aliphatic hydroxyl groups is 1. The van der Waals surface area contributed by atoms with Crippen molar-refractivity contribution in [2.24, 2.45) is 0 Å². The summed E-state index contributed by atoms with van der Waals surface area (Å²) in [5.74, 6) is -0.973. The fourth-order valence-corrected chi connectivity index (χ4v) is 1.91. The molecule has 0 aliphatic heterocycles. The molecule has 0 bridgehead atoms. The normalized spacial score (nSPS) is 10.2. The monoisotopic (exact) mass is 257 g/mol. The van der Waals surface area contributed by atoms with E-state index in [9.17, 15) is 9.90 Å². The molecule has 0 unspecified atom stereocenters. The topological polar surface area (TPSA) is 69.6 Å². The van der Waals surface area contributed by atoms with Crippen molar-refractivity contribution in [1.82, 2.24) is 0 Å². The molecule has 98 valence electrons. The predicted octanol–water partition coefficient (Wildman–Crippen LogP) is 2.93. The summed E-state index contributed by atoms with van der Waals surface area (Å²) in [5, 5.41) is 21.5. The van der Waals surface area contributed by atoms with Gasteiger partial charge < -0.3 is 15.5 Å². The van der Waals surface area contributed by atoms with Gasteiger partial charge in [-0.25, -0.2) is 4.79 Å². The Balaban J connectivity index is 2.39. The lowest BCUT2D eigenvalue weighted by molar-refractivity contribution is 0.0698. The first-order chi connectivity index (χ1) is 9.13. The van der Waals surface area contributed by atoms with Gasteiger partial charge in [-0.3, -0.25) is 0 Å². The second kappa shape index (κ2) is 5.54. The van der Waals surface area contributed by atoms with Crippen LogP contribution in [0.1, 0.15) is 21.5 Å². The molecular formula is C15H15NO3. The van der Waals surface area contributed by atoms with Crippen LogP contribution in [0.2, 0.25) is 0 Å². The van der Waals surface area contributed by atoms with Crippen LogP contribution in [0.3, 0.4) is 0 Å². The summed E-state index contributed by atoms with van der Waals surface area (Å²) in [6.07, 6.45) is 0. The van der Waals surface area contributed by atoms with E-state index >= 15 is 0 Å². The molecule has 19 heavy (non-hydrogen) atoms. The third-order valence-electron chi connectivity index (χ3n) is 3.04. The van der Waals surface area contributed by atoms with E-state index in [0.29, 0.717) is 5.69 Å². The molecule has 0 aliphatic carbocycles. The van der Waals surface area contributed by atoms with Crippen molar-refractivity contribution in [2.45, 2.75) is 13.5 Å². The van der Waals surface area contributed by atoms with Gasteiger partial charge in [-0.2, -0.15) is 0 Å². The maximum absolute atomic E-state index is 11.1. The highest BCUT2D eigenvalue weighted by atomic mass is 16.4. The van der Waals surface area contributed by atoms with Gasteiger partial charge in [0, 0.05) is 5.69 Å². The Kier molecular flexibility index (Phi) is 3.82. The number of para-hydroxylation sites is 1. The second-order valence-corrected chi connectivity index (χ2v) is 4.22. The highest BCUT2D eigenvalue weighted by molar-refractivity contribution is 5.95. The molecule has 4 nitrogen and oxygen atoms in total. The SMILES string of the molecule is Cc1c(CO)cccc1Nc1ccccc1C(=O)O. The molecule has 0 amide bonds. The molecule has 0 saturated carbocycles. The van der Waals surface area contributed by atoms with Crippen molar-refractivity contribution in [3.8, 4) is 0 Å². The summed E-state index contributed by atoms with van der Waals surface area (Å²) in [6, 6.07) is 12.2. The number of carbonyl (C=O) groups is 1. The van der Waals surface area contributed by atoms with Crippen LogP contribution in [0.25, 0.3) is 0 Å². The number of aliphatic hydroxyl groups excluding tert-OH is 1. The Morgan fingerprint density at radius 3 is 2.47 bits per heavy atom. The van der Waals surface area contributed by atoms with Gasteiger partial charge in [0.2, 0.25) is 0 Å². The van der Waals surface area contributed by atoms with Crippen molar-refractivity contribution in [1.29, 1.82) is 0 Å². The molecule has 0 radical (unpaired) electrons. The lowest BCUT2D eigenvalue weighted by atomic mass is 10.1. The van der Waals surface area contributed by atoms with Crippen LogP contribution in [0.15, 0.2) is 42.5 Å².